The van der Waals surface area contributed by atoms with Gasteiger partial charge in [-0.2, -0.15) is 13.2 Å². The number of piperidine rings is 1. The van der Waals surface area contributed by atoms with Gasteiger partial charge >= 0.3 is 6.18 Å². The Kier molecular flexibility index (Phi) is 6.81. The molecule has 1 atom stereocenters. The van der Waals surface area contributed by atoms with Crippen LogP contribution in [0.2, 0.25) is 0 Å². The number of nitrogens with one attached hydrogen (secondary N) is 1. The molecule has 1 N–H and O–H groups in total. The zero-order valence-electron chi connectivity index (χ0n) is 18.5. The van der Waals surface area contributed by atoms with Gasteiger partial charge < -0.3 is 10.2 Å². The highest BCUT2D eigenvalue weighted by Gasteiger charge is 2.39. The molecule has 0 radical (unpaired) electrons. The minimum Gasteiger partial charge on any atom is -0.355 e. The molecule has 1 saturated heterocycles. The van der Waals surface area contributed by atoms with Crippen LogP contribution >= 0.6 is 0 Å². The Morgan fingerprint density at radius 2 is 1.64 bits per heavy atom. The van der Waals surface area contributed by atoms with Crippen molar-refractivity contribution in [3.8, 4) is 0 Å². The Balaban J connectivity index is 1.37. The lowest BCUT2D eigenvalue weighted by Gasteiger charge is -2.33. The van der Waals surface area contributed by atoms with E-state index in [-0.39, 0.29) is 29.2 Å². The maximum atomic E-state index is 13.7. The van der Waals surface area contributed by atoms with Gasteiger partial charge in [0.25, 0.3) is 0 Å². The molecule has 1 aromatic heterocycles. The van der Waals surface area contributed by atoms with Gasteiger partial charge in [0.2, 0.25) is 5.91 Å². The van der Waals surface area contributed by atoms with Crippen molar-refractivity contribution in [2.75, 3.05) is 18.0 Å². The predicted octanol–water partition coefficient (Wildman–Crippen LogP) is 5.00. The number of rotatable bonds is 6. The lowest BCUT2D eigenvalue weighted by Crippen LogP contribution is -2.44. The molecule has 1 fully saturated rings. The Morgan fingerprint density at radius 1 is 1.03 bits per heavy atom. The van der Waals surface area contributed by atoms with E-state index >= 15 is 0 Å². The highest BCUT2D eigenvalue weighted by molar-refractivity contribution is 5.79. The molecular weight excluding hydrogens is 429 g/mol. The second-order valence-electron chi connectivity index (χ2n) is 8.58. The van der Waals surface area contributed by atoms with Gasteiger partial charge in [0.1, 0.15) is 0 Å². The molecule has 1 aliphatic rings. The number of halogens is 3. The first-order valence-corrected chi connectivity index (χ1v) is 11.2. The van der Waals surface area contributed by atoms with E-state index < -0.39 is 11.9 Å². The number of carbonyl (C=O) groups excluding carboxylic acids is 1. The molecule has 5 nitrogen and oxygen atoms in total. The molecule has 8 heteroatoms. The maximum Gasteiger partial charge on any atom is 0.437 e. The zero-order chi connectivity index (χ0) is 23.4. The number of hydrogen-bond acceptors (Lipinski definition) is 4. The lowest BCUT2D eigenvalue weighted by atomic mass is 9.95. The van der Waals surface area contributed by atoms with Crippen LogP contribution in [-0.4, -0.2) is 35.0 Å². The van der Waals surface area contributed by atoms with E-state index in [9.17, 15) is 18.0 Å². The van der Waals surface area contributed by atoms with Crippen LogP contribution in [0.15, 0.2) is 54.6 Å². The van der Waals surface area contributed by atoms with Gasteiger partial charge in [-0.05, 0) is 50.3 Å². The van der Waals surface area contributed by atoms with Gasteiger partial charge in [-0.15, -0.1) is 0 Å². The fraction of sp³-hybridized carbons (Fsp3) is 0.400. The van der Waals surface area contributed by atoms with E-state index in [4.69, 9.17) is 0 Å². The highest BCUT2D eigenvalue weighted by Crippen LogP contribution is 2.36. The third-order valence-electron chi connectivity index (χ3n) is 6.08. The number of alkyl halides is 3. The molecule has 174 valence electrons. The summed E-state index contributed by atoms with van der Waals surface area (Å²) in [4.78, 5) is 22.5. The molecule has 33 heavy (non-hydrogen) atoms. The topological polar surface area (TPSA) is 58.1 Å². The quantitative estimate of drug-likeness (QED) is 0.567. The van der Waals surface area contributed by atoms with E-state index in [1.54, 1.807) is 23.1 Å². The Hall–Kier alpha value is -3.16. The number of fused-ring (bicyclic) bond motifs is 1. The van der Waals surface area contributed by atoms with Crippen molar-refractivity contribution >= 4 is 22.8 Å². The summed E-state index contributed by atoms with van der Waals surface area (Å²) in [5, 5.41) is 3.07. The van der Waals surface area contributed by atoms with Gasteiger partial charge in [-0.25, -0.2) is 9.97 Å². The Bertz CT molecular complexity index is 1100. The molecule has 0 unspecified atom stereocenters. The molecule has 0 saturated carbocycles. The van der Waals surface area contributed by atoms with E-state index in [1.165, 1.54) is 11.6 Å². The molecule has 2 heterocycles. The minimum absolute atomic E-state index is 0.0268. The highest BCUT2D eigenvalue weighted by atomic mass is 19.4. The molecule has 0 aliphatic carbocycles. The first-order chi connectivity index (χ1) is 15.8. The monoisotopic (exact) mass is 456 g/mol. The predicted molar refractivity (Wildman–Crippen MR) is 122 cm³/mol. The van der Waals surface area contributed by atoms with E-state index in [0.29, 0.717) is 31.4 Å². The molecule has 3 aromatic rings. The third-order valence-corrected chi connectivity index (χ3v) is 6.08. The van der Waals surface area contributed by atoms with Crippen molar-refractivity contribution in [3.63, 3.8) is 0 Å². The van der Waals surface area contributed by atoms with Crippen molar-refractivity contribution in [2.24, 2.45) is 5.92 Å². The van der Waals surface area contributed by atoms with Crippen molar-refractivity contribution in [1.82, 2.24) is 15.3 Å². The number of benzene rings is 2. The molecule has 0 bridgehead atoms. The zero-order valence-corrected chi connectivity index (χ0v) is 18.5. The Labute approximate surface area is 191 Å². The lowest BCUT2D eigenvalue weighted by molar-refractivity contribution is -0.140. The first kappa shape index (κ1) is 23.0. The summed E-state index contributed by atoms with van der Waals surface area (Å²) in [5.41, 5.74) is 0.891. The van der Waals surface area contributed by atoms with Crippen molar-refractivity contribution in [3.05, 3.63) is 65.9 Å². The summed E-state index contributed by atoms with van der Waals surface area (Å²) < 4.78 is 41.0. The van der Waals surface area contributed by atoms with Crippen LogP contribution < -0.4 is 10.2 Å². The van der Waals surface area contributed by atoms with Crippen LogP contribution in [0.5, 0.6) is 0 Å². The van der Waals surface area contributed by atoms with Gasteiger partial charge in [-0.1, -0.05) is 42.5 Å². The summed E-state index contributed by atoms with van der Waals surface area (Å²) in [7, 11) is 0. The molecule has 2 aromatic carbocycles. The standard InChI is InChI=1S/C25H27F3N4O/c1-17(11-12-18-7-3-2-4-8-18)29-24(33)19-13-15-32(16-14-19)23-22(25(26,27)28)30-20-9-5-6-10-21(20)31-23/h2-10,17,19H,11-16H2,1H3,(H,29,33)/t17-/m0/s1. The van der Waals surface area contributed by atoms with E-state index in [0.717, 1.165) is 12.8 Å². The van der Waals surface area contributed by atoms with Crippen LogP contribution in [-0.2, 0) is 17.4 Å². The van der Waals surface area contributed by atoms with Gasteiger partial charge in [0, 0.05) is 25.0 Å². The molecule has 0 spiro atoms. The van der Waals surface area contributed by atoms with Gasteiger partial charge in [0.05, 0.1) is 11.0 Å². The maximum absolute atomic E-state index is 13.7. The number of anilines is 1. The van der Waals surface area contributed by atoms with Crippen molar-refractivity contribution in [2.45, 2.75) is 44.8 Å². The average molecular weight is 457 g/mol. The van der Waals surface area contributed by atoms with Gasteiger partial charge in [-0.3, -0.25) is 4.79 Å². The van der Waals surface area contributed by atoms with Crippen LogP contribution in [0.1, 0.15) is 37.4 Å². The third kappa shape index (κ3) is 5.61. The van der Waals surface area contributed by atoms with Crippen molar-refractivity contribution in [1.29, 1.82) is 0 Å². The summed E-state index contributed by atoms with van der Waals surface area (Å²) >= 11 is 0. The SMILES string of the molecule is C[C@@H](CCc1ccccc1)NC(=O)C1CCN(c2nc3ccccc3nc2C(F)(F)F)CC1. The molecule has 4 rings (SSSR count). The Morgan fingerprint density at radius 3 is 2.27 bits per heavy atom. The number of carbonyl (C=O) groups is 1. The summed E-state index contributed by atoms with van der Waals surface area (Å²) in [6.07, 6.45) is -1.95. The number of aromatic nitrogens is 2. The van der Waals surface area contributed by atoms with Crippen LogP contribution in [0, 0.1) is 5.92 Å². The summed E-state index contributed by atoms with van der Waals surface area (Å²) in [6.45, 7) is 2.63. The average Bonchev–Trinajstić information content (AvgIpc) is 2.82. The normalized spacial score (nSPS) is 16.1. The second kappa shape index (κ2) is 9.77. The van der Waals surface area contributed by atoms with E-state index in [2.05, 4.69) is 27.4 Å². The number of nitrogens with zero attached hydrogens (tertiary/aromatic N) is 3. The van der Waals surface area contributed by atoms with Crippen LogP contribution in [0.4, 0.5) is 19.0 Å². The number of aryl methyl sites for hydroxylation is 1. The fourth-order valence-corrected chi connectivity index (χ4v) is 4.22. The number of amides is 1. The second-order valence-corrected chi connectivity index (χ2v) is 8.58. The first-order valence-electron chi connectivity index (χ1n) is 11.2. The smallest absolute Gasteiger partial charge is 0.355 e. The minimum atomic E-state index is -4.60. The van der Waals surface area contributed by atoms with Crippen LogP contribution in [0.25, 0.3) is 11.0 Å². The number of hydrogen-bond donors (Lipinski definition) is 1. The molecular formula is C25H27F3N4O. The number of para-hydroxylation sites is 2. The van der Waals surface area contributed by atoms with Gasteiger partial charge in [0.15, 0.2) is 11.5 Å². The largest absolute Gasteiger partial charge is 0.437 e. The molecule has 1 amide bonds. The molecule has 1 aliphatic heterocycles. The van der Waals surface area contributed by atoms with E-state index in [1.807, 2.05) is 25.1 Å². The summed E-state index contributed by atoms with van der Waals surface area (Å²) in [6, 6.07) is 16.7. The van der Waals surface area contributed by atoms with Crippen LogP contribution in [0.3, 0.4) is 0 Å². The van der Waals surface area contributed by atoms with Crippen molar-refractivity contribution < 1.29 is 18.0 Å². The fourth-order valence-electron chi connectivity index (χ4n) is 4.22. The summed E-state index contributed by atoms with van der Waals surface area (Å²) in [5.74, 6) is -0.407.